The molecule has 0 aliphatic heterocycles. The highest BCUT2D eigenvalue weighted by Gasteiger charge is 2.29. The van der Waals surface area contributed by atoms with Crippen molar-refractivity contribution in [1.82, 2.24) is 4.98 Å². The summed E-state index contributed by atoms with van der Waals surface area (Å²) in [5.74, 6) is 0.614. The standard InChI is InChI=1S/C17H16F3NOS2/c18-17(19,20)24-13-7-5-11(6-8-13)10-23-16-14-4-2-1-3-12(14)9-15(22)21-16/h5-9H,1-4,10H2,(H,21,22). The zero-order valence-corrected chi connectivity index (χ0v) is 14.4. The molecule has 0 fully saturated rings. The van der Waals surface area contributed by atoms with Crippen molar-refractivity contribution in [2.45, 2.75) is 46.9 Å². The third-order valence-corrected chi connectivity index (χ3v) is 5.72. The molecule has 0 saturated heterocycles. The van der Waals surface area contributed by atoms with Crippen LogP contribution >= 0.6 is 23.5 Å². The number of pyridine rings is 1. The van der Waals surface area contributed by atoms with Crippen LogP contribution in [0.25, 0.3) is 0 Å². The van der Waals surface area contributed by atoms with Crippen LogP contribution in [0, 0.1) is 0 Å². The normalized spacial score (nSPS) is 14.5. The number of thioether (sulfide) groups is 2. The van der Waals surface area contributed by atoms with Crippen molar-refractivity contribution in [2.75, 3.05) is 0 Å². The van der Waals surface area contributed by atoms with E-state index in [1.165, 1.54) is 29.5 Å². The van der Waals surface area contributed by atoms with Crippen LogP contribution in [0.5, 0.6) is 0 Å². The molecule has 2 aromatic rings. The second-order valence-corrected chi connectivity index (χ2v) is 7.78. The number of benzene rings is 1. The average molecular weight is 371 g/mol. The maximum absolute atomic E-state index is 12.3. The maximum Gasteiger partial charge on any atom is 0.446 e. The molecular formula is C17H16F3NOS2. The third-order valence-electron chi connectivity index (χ3n) is 3.87. The number of aromatic nitrogens is 1. The van der Waals surface area contributed by atoms with Crippen LogP contribution in [0.4, 0.5) is 13.2 Å². The zero-order chi connectivity index (χ0) is 17.2. The van der Waals surface area contributed by atoms with Crippen LogP contribution in [0.3, 0.4) is 0 Å². The van der Waals surface area contributed by atoms with Crippen LogP contribution in [0.2, 0.25) is 0 Å². The van der Waals surface area contributed by atoms with E-state index in [9.17, 15) is 18.0 Å². The summed E-state index contributed by atoms with van der Waals surface area (Å²) in [6, 6.07) is 8.05. The lowest BCUT2D eigenvalue weighted by Crippen LogP contribution is -2.14. The minimum Gasteiger partial charge on any atom is -0.317 e. The van der Waals surface area contributed by atoms with Crippen LogP contribution in [0.1, 0.15) is 29.5 Å². The molecule has 3 rings (SSSR count). The van der Waals surface area contributed by atoms with Gasteiger partial charge in [0.15, 0.2) is 0 Å². The minimum absolute atomic E-state index is 0.0879. The van der Waals surface area contributed by atoms with Crippen LogP contribution in [-0.4, -0.2) is 10.5 Å². The van der Waals surface area contributed by atoms with Gasteiger partial charge in [0.25, 0.3) is 0 Å². The quantitative estimate of drug-likeness (QED) is 0.754. The first-order chi connectivity index (χ1) is 11.4. The fraction of sp³-hybridized carbons (Fsp3) is 0.353. The molecule has 24 heavy (non-hydrogen) atoms. The molecule has 128 valence electrons. The van der Waals surface area contributed by atoms with Crippen LogP contribution in [-0.2, 0) is 18.6 Å². The topological polar surface area (TPSA) is 32.9 Å². The molecule has 0 bridgehead atoms. The molecule has 1 heterocycles. The van der Waals surface area contributed by atoms with Gasteiger partial charge >= 0.3 is 5.51 Å². The predicted molar refractivity (Wildman–Crippen MR) is 91.6 cm³/mol. The zero-order valence-electron chi connectivity index (χ0n) is 12.8. The van der Waals surface area contributed by atoms with Crippen molar-refractivity contribution in [2.24, 2.45) is 0 Å². The lowest BCUT2D eigenvalue weighted by Gasteiger charge is -2.18. The lowest BCUT2D eigenvalue weighted by molar-refractivity contribution is -0.0328. The van der Waals surface area contributed by atoms with Gasteiger partial charge in [0.05, 0.1) is 5.03 Å². The molecule has 0 radical (unpaired) electrons. The van der Waals surface area contributed by atoms with Gasteiger partial charge < -0.3 is 4.98 Å². The number of halogens is 3. The Bertz CT molecular complexity index is 769. The van der Waals surface area contributed by atoms with Crippen LogP contribution in [0.15, 0.2) is 45.0 Å². The van der Waals surface area contributed by atoms with Gasteiger partial charge in [-0.3, -0.25) is 4.79 Å². The van der Waals surface area contributed by atoms with Crippen molar-refractivity contribution in [3.63, 3.8) is 0 Å². The van der Waals surface area contributed by atoms with Crippen molar-refractivity contribution < 1.29 is 13.2 Å². The van der Waals surface area contributed by atoms with E-state index in [4.69, 9.17) is 0 Å². The number of hydrogen-bond donors (Lipinski definition) is 1. The van der Waals surface area contributed by atoms with E-state index < -0.39 is 5.51 Å². The van der Waals surface area contributed by atoms with Crippen LogP contribution < -0.4 is 5.56 Å². The Kier molecular flexibility index (Phi) is 5.30. The first-order valence-electron chi connectivity index (χ1n) is 7.63. The number of H-pyrrole nitrogens is 1. The highest BCUT2D eigenvalue weighted by atomic mass is 32.2. The molecule has 7 heteroatoms. The van der Waals surface area contributed by atoms with Gasteiger partial charge in [0, 0.05) is 16.7 Å². The second kappa shape index (κ2) is 7.27. The summed E-state index contributed by atoms with van der Waals surface area (Å²) in [7, 11) is 0. The molecule has 1 N–H and O–H groups in total. The van der Waals surface area contributed by atoms with Crippen molar-refractivity contribution in [1.29, 1.82) is 0 Å². The van der Waals surface area contributed by atoms with E-state index in [0.29, 0.717) is 5.75 Å². The number of hydrogen-bond acceptors (Lipinski definition) is 3. The van der Waals surface area contributed by atoms with Gasteiger partial charge in [-0.25, -0.2) is 0 Å². The highest BCUT2D eigenvalue weighted by Crippen LogP contribution is 2.37. The lowest BCUT2D eigenvalue weighted by atomic mass is 9.93. The van der Waals surface area contributed by atoms with E-state index in [-0.39, 0.29) is 22.2 Å². The monoisotopic (exact) mass is 371 g/mol. The Balaban J connectivity index is 1.70. The number of aromatic amines is 1. The summed E-state index contributed by atoms with van der Waals surface area (Å²) in [6.45, 7) is 0. The molecule has 1 aromatic heterocycles. The van der Waals surface area contributed by atoms with E-state index in [1.54, 1.807) is 18.2 Å². The molecule has 1 aromatic carbocycles. The summed E-state index contributed by atoms with van der Waals surface area (Å²) in [4.78, 5) is 14.9. The first kappa shape index (κ1) is 17.5. The van der Waals surface area contributed by atoms with Gasteiger partial charge in [-0.05, 0) is 66.3 Å². The summed E-state index contributed by atoms with van der Waals surface area (Å²) >= 11 is 1.43. The average Bonchev–Trinajstić information content (AvgIpc) is 2.52. The fourth-order valence-electron chi connectivity index (χ4n) is 2.80. The van der Waals surface area contributed by atoms with Crippen molar-refractivity contribution >= 4 is 23.5 Å². The molecule has 0 atom stereocenters. The molecule has 0 amide bonds. The van der Waals surface area contributed by atoms with Gasteiger partial charge in [-0.15, -0.1) is 11.8 Å². The van der Waals surface area contributed by atoms with Gasteiger partial charge in [0.1, 0.15) is 0 Å². The second-order valence-electron chi connectivity index (χ2n) is 5.65. The van der Waals surface area contributed by atoms with Crippen molar-refractivity contribution in [3.05, 3.63) is 57.4 Å². The molecular weight excluding hydrogens is 355 g/mol. The van der Waals surface area contributed by atoms with Gasteiger partial charge in [-0.1, -0.05) is 12.1 Å². The SMILES string of the molecule is O=c1cc2c(c(SCc3ccc(SC(F)(F)F)cc3)[nH]1)CCCC2. The number of alkyl halides is 3. The minimum atomic E-state index is -4.27. The summed E-state index contributed by atoms with van der Waals surface area (Å²) in [5, 5.41) is 0.894. The third kappa shape index (κ3) is 4.60. The number of rotatable bonds is 4. The Morgan fingerprint density at radius 3 is 2.50 bits per heavy atom. The van der Waals surface area contributed by atoms with E-state index in [2.05, 4.69) is 4.98 Å². The number of nitrogens with one attached hydrogen (secondary N) is 1. The molecule has 0 spiro atoms. The summed E-state index contributed by atoms with van der Waals surface area (Å²) < 4.78 is 37.0. The molecule has 0 unspecified atom stereocenters. The number of fused-ring (bicyclic) bond motifs is 1. The van der Waals surface area contributed by atoms with E-state index in [0.717, 1.165) is 41.8 Å². The predicted octanol–water partition coefficient (Wildman–Crippen LogP) is 5.16. The largest absolute Gasteiger partial charge is 0.446 e. The van der Waals surface area contributed by atoms with Crippen molar-refractivity contribution in [3.8, 4) is 0 Å². The fourth-order valence-corrected chi connectivity index (χ4v) is 4.42. The molecule has 0 saturated carbocycles. The first-order valence-corrected chi connectivity index (χ1v) is 9.43. The Hall–Kier alpha value is -1.34. The summed E-state index contributed by atoms with van der Waals surface area (Å²) in [6.07, 6.45) is 4.14. The highest BCUT2D eigenvalue weighted by molar-refractivity contribution is 8.00. The molecule has 1 aliphatic carbocycles. The molecule has 2 nitrogen and oxygen atoms in total. The van der Waals surface area contributed by atoms with Gasteiger partial charge in [-0.2, -0.15) is 13.2 Å². The summed E-state index contributed by atoms with van der Waals surface area (Å²) in [5.41, 5.74) is -1.07. The molecule has 1 aliphatic rings. The number of aryl methyl sites for hydroxylation is 1. The maximum atomic E-state index is 12.3. The van der Waals surface area contributed by atoms with E-state index in [1.807, 2.05) is 0 Å². The van der Waals surface area contributed by atoms with Gasteiger partial charge in [0.2, 0.25) is 5.56 Å². The van der Waals surface area contributed by atoms with E-state index >= 15 is 0 Å². The Labute approximate surface area is 146 Å². The Morgan fingerprint density at radius 1 is 1.08 bits per heavy atom. The smallest absolute Gasteiger partial charge is 0.317 e. The Morgan fingerprint density at radius 2 is 1.79 bits per heavy atom.